The lowest BCUT2D eigenvalue weighted by Gasteiger charge is -2.26. The lowest BCUT2D eigenvalue weighted by atomic mass is 10.0. The summed E-state index contributed by atoms with van der Waals surface area (Å²) in [5.41, 5.74) is 0.974. The highest BCUT2D eigenvalue weighted by Gasteiger charge is 2.33. The second-order valence-corrected chi connectivity index (χ2v) is 9.15. The van der Waals surface area contributed by atoms with Crippen LogP contribution >= 0.6 is 24.0 Å². The van der Waals surface area contributed by atoms with Crippen molar-refractivity contribution in [3.8, 4) is 6.07 Å². The molecular formula is C21H24N4O4S2. The van der Waals surface area contributed by atoms with Gasteiger partial charge < -0.3 is 10.0 Å². The zero-order chi connectivity index (χ0) is 22.7. The number of nitrogens with zero attached hydrogens (tertiary/aromatic N) is 4. The Hall–Kier alpha value is -2.64. The molecule has 0 unspecified atom stereocenters. The van der Waals surface area contributed by atoms with E-state index in [4.69, 9.17) is 17.3 Å². The minimum atomic E-state index is -1.00. The summed E-state index contributed by atoms with van der Waals surface area (Å²) in [4.78, 5) is 40.7. The maximum atomic E-state index is 13.0. The highest BCUT2D eigenvalue weighted by atomic mass is 32.2. The molecule has 2 aliphatic rings. The summed E-state index contributed by atoms with van der Waals surface area (Å²) < 4.78 is 1.95. The third-order valence-corrected chi connectivity index (χ3v) is 6.78. The summed E-state index contributed by atoms with van der Waals surface area (Å²) in [6.45, 7) is 5.78. The molecule has 1 aromatic heterocycles. The smallest absolute Gasteiger partial charge is 0.305 e. The zero-order valence-electron chi connectivity index (χ0n) is 17.5. The summed E-state index contributed by atoms with van der Waals surface area (Å²) in [6, 6.07) is 2.03. The average Bonchev–Trinajstić information content (AvgIpc) is 3.33. The second-order valence-electron chi connectivity index (χ2n) is 7.48. The Morgan fingerprint density at radius 1 is 1.29 bits per heavy atom. The number of thiocarbonyl (C=S) groups is 1. The average molecular weight is 461 g/mol. The largest absolute Gasteiger partial charge is 0.481 e. The first kappa shape index (κ1) is 23.0. The molecule has 0 aliphatic carbocycles. The molecule has 10 heteroatoms. The number of carboxylic acid groups (broad SMARTS) is 1. The topological polar surface area (TPSA) is 107 Å². The first-order chi connectivity index (χ1) is 14.8. The van der Waals surface area contributed by atoms with E-state index in [0.717, 1.165) is 49.9 Å². The molecule has 31 heavy (non-hydrogen) atoms. The number of rotatable bonds is 7. The molecular weight excluding hydrogens is 436 g/mol. The van der Waals surface area contributed by atoms with E-state index in [2.05, 4.69) is 4.90 Å². The molecule has 0 spiro atoms. The summed E-state index contributed by atoms with van der Waals surface area (Å²) >= 11 is 6.40. The number of pyridine rings is 1. The number of carbonyl (C=O) groups is 2. The van der Waals surface area contributed by atoms with Gasteiger partial charge in [0.1, 0.15) is 21.8 Å². The summed E-state index contributed by atoms with van der Waals surface area (Å²) in [5.74, 6) is -0.623. The maximum Gasteiger partial charge on any atom is 0.305 e. The number of amides is 1. The minimum absolute atomic E-state index is 0.00802. The van der Waals surface area contributed by atoms with E-state index in [9.17, 15) is 19.6 Å². The number of carboxylic acids is 1. The highest BCUT2D eigenvalue weighted by molar-refractivity contribution is 8.26. The van der Waals surface area contributed by atoms with Crippen molar-refractivity contribution < 1.29 is 14.7 Å². The Morgan fingerprint density at radius 2 is 1.97 bits per heavy atom. The van der Waals surface area contributed by atoms with Crippen molar-refractivity contribution in [2.45, 2.75) is 46.1 Å². The Balaban J connectivity index is 2.16. The quantitative estimate of drug-likeness (QED) is 0.489. The molecule has 2 fully saturated rings. The van der Waals surface area contributed by atoms with Crippen LogP contribution < -0.4 is 10.5 Å². The van der Waals surface area contributed by atoms with Crippen LogP contribution in [0.25, 0.3) is 6.08 Å². The minimum Gasteiger partial charge on any atom is -0.481 e. The van der Waals surface area contributed by atoms with E-state index >= 15 is 0 Å². The lowest BCUT2D eigenvalue weighted by Crippen LogP contribution is -2.33. The Kier molecular flexibility index (Phi) is 7.18. The number of hydrogen-bond donors (Lipinski definition) is 1. The molecule has 164 valence electrons. The molecule has 0 atom stereocenters. The van der Waals surface area contributed by atoms with Gasteiger partial charge in [-0.3, -0.25) is 23.9 Å². The van der Waals surface area contributed by atoms with Crippen LogP contribution in [0.4, 0.5) is 5.82 Å². The Morgan fingerprint density at radius 3 is 2.55 bits per heavy atom. The van der Waals surface area contributed by atoms with Crippen molar-refractivity contribution in [3.63, 3.8) is 0 Å². The van der Waals surface area contributed by atoms with Crippen LogP contribution in [-0.4, -0.2) is 50.4 Å². The van der Waals surface area contributed by atoms with Gasteiger partial charge in [-0.05, 0) is 37.8 Å². The fraction of sp³-hybridized carbons (Fsp3) is 0.476. The van der Waals surface area contributed by atoms with Crippen LogP contribution in [0.3, 0.4) is 0 Å². The van der Waals surface area contributed by atoms with Crippen molar-refractivity contribution >= 4 is 52.1 Å². The second kappa shape index (κ2) is 9.66. The molecule has 3 heterocycles. The van der Waals surface area contributed by atoms with Gasteiger partial charge in [-0.25, -0.2) is 0 Å². The van der Waals surface area contributed by atoms with E-state index in [1.807, 2.05) is 13.0 Å². The zero-order valence-corrected chi connectivity index (χ0v) is 19.1. The standard InChI is InChI=1S/C21H24N4O4S2/c1-3-7-24-18(23-8-4-5-9-23)14(13(2)15(12-22)19(24)28)11-16-20(29)25(21(30)31-16)10-6-17(26)27/h11H,3-10H2,1-2H3,(H,26,27)/b16-11+. The van der Waals surface area contributed by atoms with Crippen molar-refractivity contribution in [2.24, 2.45) is 0 Å². The molecule has 1 amide bonds. The molecule has 8 nitrogen and oxygen atoms in total. The van der Waals surface area contributed by atoms with Crippen LogP contribution in [0.1, 0.15) is 49.3 Å². The van der Waals surface area contributed by atoms with Gasteiger partial charge in [-0.1, -0.05) is 30.9 Å². The molecule has 2 aliphatic heterocycles. The molecule has 2 saturated heterocycles. The van der Waals surface area contributed by atoms with Gasteiger partial charge in [0.15, 0.2) is 0 Å². The van der Waals surface area contributed by atoms with Crippen molar-refractivity contribution in [1.82, 2.24) is 9.47 Å². The number of nitriles is 1. The fourth-order valence-electron chi connectivity index (χ4n) is 3.88. The number of aliphatic carboxylic acids is 1. The molecule has 0 bridgehead atoms. The van der Waals surface area contributed by atoms with E-state index in [1.165, 1.54) is 4.90 Å². The highest BCUT2D eigenvalue weighted by Crippen LogP contribution is 2.36. The van der Waals surface area contributed by atoms with Crippen molar-refractivity contribution in [1.29, 1.82) is 5.26 Å². The SMILES string of the molecule is CCCn1c(N2CCCC2)c(/C=C2/SC(=S)N(CCC(=O)O)C2=O)c(C)c(C#N)c1=O. The number of hydrogen-bond acceptors (Lipinski definition) is 7. The summed E-state index contributed by atoms with van der Waals surface area (Å²) in [5, 5.41) is 18.6. The monoisotopic (exact) mass is 460 g/mol. The number of aromatic nitrogens is 1. The first-order valence-corrected chi connectivity index (χ1v) is 11.4. The van der Waals surface area contributed by atoms with Gasteiger partial charge in [-0.15, -0.1) is 0 Å². The van der Waals surface area contributed by atoms with Crippen molar-refractivity contribution in [3.05, 3.63) is 31.9 Å². The van der Waals surface area contributed by atoms with E-state index < -0.39 is 5.97 Å². The predicted octanol–water partition coefficient (Wildman–Crippen LogP) is 2.71. The number of anilines is 1. The normalized spacial score (nSPS) is 17.6. The third kappa shape index (κ3) is 4.52. The fourth-order valence-corrected chi connectivity index (χ4v) is 5.17. The number of thioether (sulfide) groups is 1. The molecule has 1 aromatic rings. The van der Waals surface area contributed by atoms with E-state index in [0.29, 0.717) is 26.9 Å². The van der Waals surface area contributed by atoms with Crippen LogP contribution in [0.5, 0.6) is 0 Å². The molecule has 0 saturated carbocycles. The van der Waals surface area contributed by atoms with Crippen LogP contribution in [0.2, 0.25) is 0 Å². The van der Waals surface area contributed by atoms with Gasteiger partial charge in [-0.2, -0.15) is 5.26 Å². The van der Waals surface area contributed by atoms with Gasteiger partial charge in [0.2, 0.25) is 0 Å². The predicted molar refractivity (Wildman–Crippen MR) is 124 cm³/mol. The lowest BCUT2D eigenvalue weighted by molar-refractivity contribution is -0.137. The van der Waals surface area contributed by atoms with Crippen LogP contribution in [0, 0.1) is 18.3 Å². The summed E-state index contributed by atoms with van der Waals surface area (Å²) in [6.07, 6.45) is 4.25. The molecule has 1 N–H and O–H groups in total. The van der Waals surface area contributed by atoms with Crippen LogP contribution in [-0.2, 0) is 16.1 Å². The first-order valence-electron chi connectivity index (χ1n) is 10.2. The van der Waals surface area contributed by atoms with E-state index in [1.54, 1.807) is 17.6 Å². The molecule has 3 rings (SSSR count). The Bertz CT molecular complexity index is 1060. The summed E-state index contributed by atoms with van der Waals surface area (Å²) in [7, 11) is 0. The van der Waals surface area contributed by atoms with Gasteiger partial charge in [0.05, 0.1) is 11.3 Å². The van der Waals surface area contributed by atoms with Gasteiger partial charge in [0.25, 0.3) is 11.5 Å². The molecule has 0 aromatic carbocycles. The van der Waals surface area contributed by atoms with E-state index in [-0.39, 0.29) is 30.0 Å². The molecule has 0 radical (unpaired) electrons. The Labute approximate surface area is 190 Å². The van der Waals surface area contributed by atoms with Gasteiger partial charge >= 0.3 is 5.97 Å². The third-order valence-electron chi connectivity index (χ3n) is 5.40. The maximum absolute atomic E-state index is 13.0. The number of carbonyl (C=O) groups excluding carboxylic acids is 1. The van der Waals surface area contributed by atoms with Crippen molar-refractivity contribution in [2.75, 3.05) is 24.5 Å². The van der Waals surface area contributed by atoms with Crippen LogP contribution in [0.15, 0.2) is 9.70 Å². The van der Waals surface area contributed by atoms with Gasteiger partial charge in [0, 0.05) is 31.7 Å².